The first kappa shape index (κ1) is 32.1. The van der Waals surface area contributed by atoms with Gasteiger partial charge < -0.3 is 9.64 Å². The van der Waals surface area contributed by atoms with Gasteiger partial charge in [0.1, 0.15) is 17.7 Å². The molecule has 14 heteroatoms. The molecule has 0 radical (unpaired) electrons. The van der Waals surface area contributed by atoms with Crippen LogP contribution in [-0.4, -0.2) is 74.1 Å². The van der Waals surface area contributed by atoms with Crippen molar-refractivity contribution in [3.8, 4) is 17.2 Å². The van der Waals surface area contributed by atoms with Crippen molar-refractivity contribution in [2.45, 2.75) is 71.4 Å². The zero-order valence-corrected chi connectivity index (χ0v) is 27.7. The predicted octanol–water partition coefficient (Wildman–Crippen LogP) is 4.38. The molecule has 0 saturated carbocycles. The van der Waals surface area contributed by atoms with Crippen molar-refractivity contribution in [1.29, 1.82) is 0 Å². The van der Waals surface area contributed by atoms with E-state index < -0.39 is 33.4 Å². The Morgan fingerprint density at radius 3 is 2.27 bits per heavy atom. The van der Waals surface area contributed by atoms with Crippen LogP contribution >= 0.6 is 0 Å². The van der Waals surface area contributed by atoms with Gasteiger partial charge >= 0.3 is 11.8 Å². The Balaban J connectivity index is 1.70. The van der Waals surface area contributed by atoms with E-state index >= 15 is 0 Å². The SMILES string of the molecule is Cc1cc(S(=O)(=O)N(C)C)ccc1-n1ncn(-c2c3c(nn2-c2cc(C)c(F)c(C)c2)CCN(C(=O)OC(C)(C)C)[C@H]3C)c1=O. The molecule has 45 heavy (non-hydrogen) atoms. The normalized spacial score (nSPS) is 15.4. The van der Waals surface area contributed by atoms with E-state index in [1.165, 1.54) is 47.9 Å². The summed E-state index contributed by atoms with van der Waals surface area (Å²) in [7, 11) is -0.790. The molecule has 3 heterocycles. The van der Waals surface area contributed by atoms with Crippen molar-refractivity contribution in [1.82, 2.24) is 33.3 Å². The van der Waals surface area contributed by atoms with E-state index in [2.05, 4.69) is 5.10 Å². The van der Waals surface area contributed by atoms with E-state index in [0.717, 1.165) is 4.31 Å². The second-order valence-corrected chi connectivity index (χ2v) is 14.7. The lowest BCUT2D eigenvalue weighted by atomic mass is 10.00. The van der Waals surface area contributed by atoms with E-state index in [1.807, 2.05) is 6.92 Å². The summed E-state index contributed by atoms with van der Waals surface area (Å²) in [5.41, 5.74) is 2.37. The predicted molar refractivity (Wildman–Crippen MR) is 166 cm³/mol. The highest BCUT2D eigenvalue weighted by Crippen LogP contribution is 2.36. The number of halogens is 1. The van der Waals surface area contributed by atoms with E-state index in [-0.39, 0.29) is 10.7 Å². The van der Waals surface area contributed by atoms with Gasteiger partial charge in [-0.25, -0.2) is 36.0 Å². The summed E-state index contributed by atoms with van der Waals surface area (Å²) in [6, 6.07) is 7.25. The molecule has 240 valence electrons. The number of amides is 1. The molecule has 1 amide bonds. The number of hydrogen-bond acceptors (Lipinski definition) is 7. The number of aromatic nitrogens is 5. The topological polar surface area (TPSA) is 125 Å². The monoisotopic (exact) mass is 639 g/mol. The van der Waals surface area contributed by atoms with Gasteiger partial charge in [-0.05, 0) is 95.5 Å². The van der Waals surface area contributed by atoms with Gasteiger partial charge in [0.25, 0.3) is 0 Å². The summed E-state index contributed by atoms with van der Waals surface area (Å²) >= 11 is 0. The first-order chi connectivity index (χ1) is 20.9. The van der Waals surface area contributed by atoms with Crippen molar-refractivity contribution in [3.63, 3.8) is 0 Å². The molecule has 1 aliphatic rings. The summed E-state index contributed by atoms with van der Waals surface area (Å²) in [6.45, 7) is 12.6. The molecule has 0 unspecified atom stereocenters. The number of carbonyl (C=O) groups excluding carboxylic acids is 1. The summed E-state index contributed by atoms with van der Waals surface area (Å²) in [4.78, 5) is 29.0. The van der Waals surface area contributed by atoms with Crippen molar-refractivity contribution >= 4 is 16.1 Å². The Morgan fingerprint density at radius 2 is 1.69 bits per heavy atom. The van der Waals surface area contributed by atoms with Crippen LogP contribution in [0.2, 0.25) is 0 Å². The van der Waals surface area contributed by atoms with Crippen molar-refractivity contribution in [2.75, 3.05) is 20.6 Å². The molecule has 5 rings (SSSR count). The van der Waals surface area contributed by atoms with E-state index in [9.17, 15) is 22.4 Å². The molecule has 0 N–H and O–H groups in total. The smallest absolute Gasteiger partial charge is 0.410 e. The third kappa shape index (κ3) is 5.68. The number of aryl methyl sites for hydroxylation is 3. The van der Waals surface area contributed by atoms with Crippen LogP contribution in [0.3, 0.4) is 0 Å². The third-order valence-electron chi connectivity index (χ3n) is 7.81. The van der Waals surface area contributed by atoms with Gasteiger partial charge in [-0.1, -0.05) is 0 Å². The molecular weight excluding hydrogens is 601 g/mol. The summed E-state index contributed by atoms with van der Waals surface area (Å²) in [6.07, 6.45) is 1.28. The lowest BCUT2D eigenvalue weighted by molar-refractivity contribution is 0.0159. The molecule has 0 spiro atoms. The second-order valence-electron chi connectivity index (χ2n) is 12.5. The minimum atomic E-state index is -3.69. The maximum atomic E-state index is 14.7. The van der Waals surface area contributed by atoms with Crippen LogP contribution in [-0.2, 0) is 21.2 Å². The van der Waals surface area contributed by atoms with Crippen LogP contribution in [0.25, 0.3) is 17.2 Å². The van der Waals surface area contributed by atoms with Crippen LogP contribution in [0, 0.1) is 26.6 Å². The van der Waals surface area contributed by atoms with Crippen molar-refractivity contribution < 1.29 is 22.3 Å². The van der Waals surface area contributed by atoms with Crippen LogP contribution in [0.5, 0.6) is 0 Å². The van der Waals surface area contributed by atoms with E-state index in [4.69, 9.17) is 9.84 Å². The van der Waals surface area contributed by atoms with Crippen LogP contribution in [0.15, 0.2) is 46.3 Å². The van der Waals surface area contributed by atoms with Crippen LogP contribution < -0.4 is 5.69 Å². The molecule has 2 aromatic carbocycles. The van der Waals surface area contributed by atoms with Gasteiger partial charge in [0, 0.05) is 32.6 Å². The van der Waals surface area contributed by atoms with E-state index in [0.29, 0.717) is 58.1 Å². The number of rotatable bonds is 5. The summed E-state index contributed by atoms with van der Waals surface area (Å²) in [5.74, 6) is 0.0266. The zero-order chi connectivity index (χ0) is 33.2. The van der Waals surface area contributed by atoms with Crippen LogP contribution in [0.4, 0.5) is 9.18 Å². The average Bonchev–Trinajstić information content (AvgIpc) is 3.51. The fraction of sp³-hybridized carbons (Fsp3) is 0.419. The lowest BCUT2D eigenvalue weighted by Gasteiger charge is -2.34. The maximum absolute atomic E-state index is 14.7. The van der Waals surface area contributed by atoms with Gasteiger partial charge in [0.2, 0.25) is 10.0 Å². The lowest BCUT2D eigenvalue weighted by Crippen LogP contribution is -2.42. The average molecular weight is 640 g/mol. The van der Waals surface area contributed by atoms with Crippen LogP contribution in [0.1, 0.15) is 61.7 Å². The van der Waals surface area contributed by atoms with Gasteiger partial charge in [0.05, 0.1) is 28.0 Å². The molecule has 0 saturated heterocycles. The minimum Gasteiger partial charge on any atom is -0.444 e. The molecule has 0 fully saturated rings. The second kappa shape index (κ2) is 11.2. The number of nitrogens with zero attached hydrogens (tertiary/aromatic N) is 7. The Kier molecular flexibility index (Phi) is 8.03. The minimum absolute atomic E-state index is 0.0893. The first-order valence-electron chi connectivity index (χ1n) is 14.5. The van der Waals surface area contributed by atoms with Gasteiger partial charge in [-0.15, -0.1) is 0 Å². The number of fused-ring (bicyclic) bond motifs is 1. The zero-order valence-electron chi connectivity index (χ0n) is 26.9. The van der Waals surface area contributed by atoms with Gasteiger partial charge in [-0.2, -0.15) is 14.9 Å². The Hall–Kier alpha value is -4.30. The number of ether oxygens (including phenoxy) is 1. The standard InChI is InChI=1S/C31H38FN7O5S/c1-18-16-23(45(42,43)35(8)9)10-11-25(18)39-29(40)37(17-33-39)28-26-21(4)36(30(41)44-31(5,6)7)13-12-24(26)34-38(28)22-14-19(2)27(32)20(3)15-22/h10-11,14-17,21H,12-13H2,1-9H3/t21-/m0/s1. The highest BCUT2D eigenvalue weighted by Gasteiger charge is 2.37. The summed E-state index contributed by atoms with van der Waals surface area (Å²) < 4.78 is 50.9. The Morgan fingerprint density at radius 1 is 1.04 bits per heavy atom. The fourth-order valence-corrected chi connectivity index (χ4v) is 6.52. The molecular formula is C31H38FN7O5S. The molecule has 12 nitrogen and oxygen atoms in total. The van der Waals surface area contributed by atoms with E-state index in [1.54, 1.807) is 63.3 Å². The molecule has 2 aromatic heterocycles. The number of hydrogen-bond donors (Lipinski definition) is 0. The quantitative estimate of drug-likeness (QED) is 0.318. The number of sulfonamides is 1. The largest absolute Gasteiger partial charge is 0.444 e. The third-order valence-corrected chi connectivity index (χ3v) is 9.63. The molecule has 1 atom stereocenters. The van der Waals surface area contributed by atoms with Crippen molar-refractivity contribution in [3.05, 3.63) is 80.9 Å². The molecule has 4 aromatic rings. The first-order valence-corrected chi connectivity index (χ1v) is 16.0. The highest BCUT2D eigenvalue weighted by atomic mass is 32.2. The molecule has 0 bridgehead atoms. The van der Waals surface area contributed by atoms with Gasteiger partial charge in [-0.3, -0.25) is 0 Å². The summed E-state index contributed by atoms with van der Waals surface area (Å²) in [5, 5.41) is 9.26. The van der Waals surface area contributed by atoms with Gasteiger partial charge in [0.15, 0.2) is 5.82 Å². The molecule has 1 aliphatic heterocycles. The fourth-order valence-electron chi connectivity index (χ4n) is 5.53. The Bertz CT molecular complexity index is 1960. The highest BCUT2D eigenvalue weighted by molar-refractivity contribution is 7.89. The number of carbonyl (C=O) groups is 1. The Labute approximate surface area is 261 Å². The van der Waals surface area contributed by atoms with Crippen molar-refractivity contribution in [2.24, 2.45) is 0 Å². The molecule has 0 aliphatic carbocycles. The maximum Gasteiger partial charge on any atom is 0.410 e. The number of benzene rings is 2.